The third-order valence-electron chi connectivity index (χ3n) is 1.36. The number of halogens is 8. The van der Waals surface area contributed by atoms with Crippen molar-refractivity contribution in [2.75, 3.05) is 5.33 Å². The molecule has 0 aliphatic heterocycles. The Morgan fingerprint density at radius 1 is 1.00 bits per heavy atom. The lowest BCUT2D eigenvalue weighted by atomic mass is 10.1. The zero-order chi connectivity index (χ0) is 11.8. The van der Waals surface area contributed by atoms with Crippen LogP contribution in [0.5, 0.6) is 0 Å². The maximum absolute atomic E-state index is 12.5. The molecule has 0 aromatic rings. The summed E-state index contributed by atoms with van der Waals surface area (Å²) in [6.45, 7) is 2.45. The molecule has 0 bridgehead atoms. The largest absolute Gasteiger partial charge is 0.460 e. The Bertz CT molecular complexity index is 229. The van der Waals surface area contributed by atoms with Crippen molar-refractivity contribution in [2.24, 2.45) is 0 Å². The lowest BCUT2D eigenvalue weighted by molar-refractivity contribution is -0.344. The van der Waals surface area contributed by atoms with Crippen LogP contribution in [0, 0.1) is 0 Å². The number of hydrogen-bond acceptors (Lipinski definition) is 0. The smallest absolute Gasteiger partial charge is 0.194 e. The quantitative estimate of drug-likeness (QED) is 0.421. The van der Waals surface area contributed by atoms with Crippen molar-refractivity contribution >= 4 is 15.9 Å². The molecule has 84 valence electrons. The first kappa shape index (κ1) is 13.7. The standard InChI is InChI=1S/C6H4BrF7/c1-3(2-7)4(8,9)5(10,11)6(12,13)14/h1-2H2. The van der Waals surface area contributed by atoms with Crippen molar-refractivity contribution < 1.29 is 30.7 Å². The van der Waals surface area contributed by atoms with Crippen LogP contribution in [0.25, 0.3) is 0 Å². The van der Waals surface area contributed by atoms with Crippen LogP contribution in [-0.4, -0.2) is 23.4 Å². The topological polar surface area (TPSA) is 0 Å². The molecule has 0 aromatic heterocycles. The lowest BCUT2D eigenvalue weighted by Gasteiger charge is -2.28. The van der Waals surface area contributed by atoms with Crippen LogP contribution in [0.15, 0.2) is 12.2 Å². The second-order valence-electron chi connectivity index (χ2n) is 2.38. The highest BCUT2D eigenvalue weighted by Gasteiger charge is 2.73. The van der Waals surface area contributed by atoms with Crippen molar-refractivity contribution in [1.82, 2.24) is 0 Å². The molecule has 0 heterocycles. The summed E-state index contributed by atoms with van der Waals surface area (Å²) in [6.07, 6.45) is -6.30. The van der Waals surface area contributed by atoms with Crippen molar-refractivity contribution in [3.8, 4) is 0 Å². The van der Waals surface area contributed by atoms with E-state index in [0.717, 1.165) is 0 Å². The zero-order valence-corrected chi connectivity index (χ0v) is 8.02. The fourth-order valence-corrected chi connectivity index (χ4v) is 0.836. The minimum absolute atomic E-state index is 0.842. The van der Waals surface area contributed by atoms with Gasteiger partial charge in [-0.3, -0.25) is 0 Å². The van der Waals surface area contributed by atoms with Crippen LogP contribution < -0.4 is 0 Å². The van der Waals surface area contributed by atoms with E-state index in [9.17, 15) is 30.7 Å². The molecule has 0 aliphatic carbocycles. The maximum atomic E-state index is 12.5. The molecule has 0 amide bonds. The highest BCUT2D eigenvalue weighted by molar-refractivity contribution is 9.09. The predicted octanol–water partition coefficient (Wildman–Crippen LogP) is 3.77. The van der Waals surface area contributed by atoms with Gasteiger partial charge in [-0.25, -0.2) is 0 Å². The highest BCUT2D eigenvalue weighted by Crippen LogP contribution is 2.49. The molecule has 0 saturated heterocycles. The van der Waals surface area contributed by atoms with Crippen LogP contribution in [-0.2, 0) is 0 Å². The second-order valence-corrected chi connectivity index (χ2v) is 2.94. The molecular formula is C6H4BrF7. The number of allylic oxidation sites excluding steroid dienone is 1. The highest BCUT2D eigenvalue weighted by atomic mass is 79.9. The molecule has 14 heavy (non-hydrogen) atoms. The van der Waals surface area contributed by atoms with E-state index in [-0.39, 0.29) is 0 Å². The zero-order valence-electron chi connectivity index (χ0n) is 6.44. The Morgan fingerprint density at radius 2 is 1.36 bits per heavy atom. The molecule has 0 radical (unpaired) electrons. The van der Waals surface area contributed by atoms with Gasteiger partial charge in [-0.1, -0.05) is 22.5 Å². The third-order valence-corrected chi connectivity index (χ3v) is 2.03. The van der Waals surface area contributed by atoms with Crippen LogP contribution >= 0.6 is 15.9 Å². The normalized spacial score (nSPS) is 14.3. The van der Waals surface area contributed by atoms with Gasteiger partial charge in [-0.05, 0) is 0 Å². The maximum Gasteiger partial charge on any atom is 0.460 e. The summed E-state index contributed by atoms with van der Waals surface area (Å²) in [5.41, 5.74) is -1.53. The van der Waals surface area contributed by atoms with E-state index >= 15 is 0 Å². The van der Waals surface area contributed by atoms with E-state index in [1.165, 1.54) is 0 Å². The first-order chi connectivity index (χ1) is 5.98. The Morgan fingerprint density at radius 3 is 1.57 bits per heavy atom. The van der Waals surface area contributed by atoms with Crippen molar-refractivity contribution in [3.63, 3.8) is 0 Å². The van der Waals surface area contributed by atoms with Crippen molar-refractivity contribution in [1.29, 1.82) is 0 Å². The molecule has 0 spiro atoms. The summed E-state index contributed by atoms with van der Waals surface area (Å²) in [7, 11) is 0. The molecule has 0 rings (SSSR count). The van der Waals surface area contributed by atoms with E-state index in [1.54, 1.807) is 0 Å². The van der Waals surface area contributed by atoms with Crippen LogP contribution in [0.3, 0.4) is 0 Å². The fraction of sp³-hybridized carbons (Fsp3) is 0.667. The molecule has 8 heteroatoms. The van der Waals surface area contributed by atoms with E-state index in [2.05, 4.69) is 22.5 Å². The van der Waals surface area contributed by atoms with E-state index < -0.39 is 28.9 Å². The molecule has 0 saturated carbocycles. The molecule has 0 aliphatic rings. The fourth-order valence-electron chi connectivity index (χ4n) is 0.484. The summed E-state index contributed by atoms with van der Waals surface area (Å²) in [5, 5.41) is -0.842. The van der Waals surface area contributed by atoms with Gasteiger partial charge in [0.05, 0.1) is 0 Å². The van der Waals surface area contributed by atoms with E-state index in [4.69, 9.17) is 0 Å². The van der Waals surface area contributed by atoms with Crippen molar-refractivity contribution in [2.45, 2.75) is 18.0 Å². The molecule has 0 unspecified atom stereocenters. The Hall–Kier alpha value is -0.270. The summed E-state index contributed by atoms with van der Waals surface area (Å²) in [4.78, 5) is 0. The molecule has 0 N–H and O–H groups in total. The van der Waals surface area contributed by atoms with Gasteiger partial charge < -0.3 is 0 Å². The summed E-state index contributed by atoms with van der Waals surface area (Å²) in [6, 6.07) is 0. The van der Waals surface area contributed by atoms with Gasteiger partial charge in [0.15, 0.2) is 0 Å². The van der Waals surface area contributed by atoms with Gasteiger partial charge in [0, 0.05) is 10.9 Å². The molecule has 0 aromatic carbocycles. The van der Waals surface area contributed by atoms with Gasteiger partial charge in [-0.15, -0.1) is 0 Å². The van der Waals surface area contributed by atoms with Gasteiger partial charge in [-0.2, -0.15) is 30.7 Å². The van der Waals surface area contributed by atoms with Gasteiger partial charge >= 0.3 is 18.0 Å². The summed E-state index contributed by atoms with van der Waals surface area (Å²) < 4.78 is 84.0. The second kappa shape index (κ2) is 3.71. The molecular weight excluding hydrogens is 285 g/mol. The molecule has 0 fully saturated rings. The number of alkyl halides is 8. The minimum Gasteiger partial charge on any atom is -0.194 e. The van der Waals surface area contributed by atoms with E-state index in [0.29, 0.717) is 0 Å². The first-order valence-corrected chi connectivity index (χ1v) is 4.17. The monoisotopic (exact) mass is 288 g/mol. The number of hydrogen-bond donors (Lipinski definition) is 0. The Balaban J connectivity index is 5.18. The third kappa shape index (κ3) is 2.04. The Kier molecular flexibility index (Phi) is 3.64. The summed E-state index contributed by atoms with van der Waals surface area (Å²) >= 11 is 2.33. The minimum atomic E-state index is -6.30. The lowest BCUT2D eigenvalue weighted by Crippen LogP contribution is -2.52. The molecule has 0 atom stereocenters. The Labute approximate surface area is 82.9 Å². The van der Waals surface area contributed by atoms with Crippen molar-refractivity contribution in [3.05, 3.63) is 12.2 Å². The average molecular weight is 289 g/mol. The molecule has 0 nitrogen and oxygen atoms in total. The first-order valence-electron chi connectivity index (χ1n) is 3.05. The van der Waals surface area contributed by atoms with Crippen LogP contribution in [0.4, 0.5) is 30.7 Å². The SMILES string of the molecule is C=C(CBr)C(F)(F)C(F)(F)C(F)(F)F. The van der Waals surface area contributed by atoms with Gasteiger partial charge in [0.25, 0.3) is 0 Å². The average Bonchev–Trinajstić information content (AvgIpc) is 2.00. The predicted molar refractivity (Wildman–Crippen MR) is 38.9 cm³/mol. The summed E-state index contributed by atoms with van der Waals surface area (Å²) in [5.74, 6) is -11.4. The van der Waals surface area contributed by atoms with Crippen LogP contribution in [0.2, 0.25) is 0 Å². The van der Waals surface area contributed by atoms with E-state index in [1.807, 2.05) is 0 Å². The van der Waals surface area contributed by atoms with Gasteiger partial charge in [0.2, 0.25) is 0 Å². The van der Waals surface area contributed by atoms with Gasteiger partial charge in [0.1, 0.15) is 0 Å². The van der Waals surface area contributed by atoms with Crippen LogP contribution in [0.1, 0.15) is 0 Å². The number of rotatable bonds is 3.